The number of aryl methyl sites for hydroxylation is 1. The lowest BCUT2D eigenvalue weighted by Gasteiger charge is -2.30. The van der Waals surface area contributed by atoms with E-state index >= 15 is 0 Å². The summed E-state index contributed by atoms with van der Waals surface area (Å²) in [6.07, 6.45) is 2.63. The predicted molar refractivity (Wildman–Crippen MR) is 76.9 cm³/mol. The molecule has 0 bridgehead atoms. The fraction of sp³-hybridized carbons (Fsp3) is 0.692. The molecule has 3 nitrogen and oxygen atoms in total. The van der Waals surface area contributed by atoms with Gasteiger partial charge < -0.3 is 5.32 Å². The van der Waals surface area contributed by atoms with Crippen molar-refractivity contribution in [3.8, 4) is 0 Å². The van der Waals surface area contributed by atoms with Crippen molar-refractivity contribution < 1.29 is 8.42 Å². The van der Waals surface area contributed by atoms with Gasteiger partial charge in [0.2, 0.25) is 0 Å². The van der Waals surface area contributed by atoms with Crippen LogP contribution in [0.2, 0.25) is 0 Å². The van der Waals surface area contributed by atoms with E-state index in [-0.39, 0.29) is 11.3 Å². The van der Waals surface area contributed by atoms with E-state index in [1.807, 2.05) is 12.3 Å². The molecule has 1 fully saturated rings. The smallest absolute Gasteiger partial charge is 0.155 e. The minimum atomic E-state index is -2.94. The number of hydrogen-bond acceptors (Lipinski definition) is 4. The third kappa shape index (κ3) is 2.78. The quantitative estimate of drug-likeness (QED) is 0.926. The molecule has 0 radical (unpaired) electrons. The maximum Gasteiger partial charge on any atom is 0.155 e. The first kappa shape index (κ1) is 14.0. The van der Waals surface area contributed by atoms with E-state index in [2.05, 4.69) is 18.3 Å². The van der Waals surface area contributed by atoms with Gasteiger partial charge in [0.25, 0.3) is 0 Å². The van der Waals surface area contributed by atoms with Crippen molar-refractivity contribution >= 4 is 21.2 Å². The molecule has 0 aromatic carbocycles. The summed E-state index contributed by atoms with van der Waals surface area (Å²) in [6.45, 7) is 4.89. The number of rotatable bonds is 4. The van der Waals surface area contributed by atoms with Gasteiger partial charge >= 0.3 is 0 Å². The first-order valence-electron chi connectivity index (χ1n) is 6.55. The standard InChI is InChI=1S/C13H21NO2S2/c1-3-14-12(13-10(2)7-8-17-13)11-6-4-5-9-18(11,15)16/h7-8,11-12,14H,3-6,9H2,1-2H3. The Labute approximate surface area is 114 Å². The summed E-state index contributed by atoms with van der Waals surface area (Å²) in [5, 5.41) is 5.18. The molecule has 0 aliphatic carbocycles. The minimum Gasteiger partial charge on any atom is -0.308 e. The van der Waals surface area contributed by atoms with Crippen molar-refractivity contribution in [1.82, 2.24) is 5.32 Å². The Morgan fingerprint density at radius 3 is 2.83 bits per heavy atom. The topological polar surface area (TPSA) is 46.2 Å². The molecule has 1 aromatic heterocycles. The molecule has 0 saturated carbocycles. The molecule has 1 aromatic rings. The number of hydrogen-bond donors (Lipinski definition) is 1. The van der Waals surface area contributed by atoms with Crippen molar-refractivity contribution in [2.24, 2.45) is 0 Å². The van der Waals surface area contributed by atoms with E-state index in [4.69, 9.17) is 0 Å². The largest absolute Gasteiger partial charge is 0.308 e. The van der Waals surface area contributed by atoms with Crippen LogP contribution in [0, 0.1) is 6.92 Å². The van der Waals surface area contributed by atoms with Crippen LogP contribution in [0.15, 0.2) is 11.4 Å². The van der Waals surface area contributed by atoms with Crippen LogP contribution in [0.4, 0.5) is 0 Å². The lowest BCUT2D eigenvalue weighted by Crippen LogP contribution is -2.40. The second-order valence-electron chi connectivity index (χ2n) is 4.90. The van der Waals surface area contributed by atoms with E-state index in [0.29, 0.717) is 5.75 Å². The van der Waals surface area contributed by atoms with E-state index in [9.17, 15) is 8.42 Å². The predicted octanol–water partition coefficient (Wildman–Crippen LogP) is 2.67. The van der Waals surface area contributed by atoms with E-state index in [1.165, 1.54) is 10.4 Å². The van der Waals surface area contributed by atoms with Gasteiger partial charge in [-0.25, -0.2) is 8.42 Å². The van der Waals surface area contributed by atoms with Crippen molar-refractivity contribution in [1.29, 1.82) is 0 Å². The Morgan fingerprint density at radius 2 is 2.28 bits per heavy atom. The normalized spacial score (nSPS) is 24.9. The van der Waals surface area contributed by atoms with E-state index in [1.54, 1.807) is 11.3 Å². The molecule has 0 spiro atoms. The van der Waals surface area contributed by atoms with Crippen molar-refractivity contribution in [2.75, 3.05) is 12.3 Å². The molecule has 2 atom stereocenters. The summed E-state index contributed by atoms with van der Waals surface area (Å²) in [4.78, 5) is 1.19. The highest BCUT2D eigenvalue weighted by molar-refractivity contribution is 7.92. The zero-order valence-corrected chi connectivity index (χ0v) is 12.6. The third-order valence-electron chi connectivity index (χ3n) is 3.61. The third-order valence-corrected chi connectivity index (χ3v) is 7.00. The van der Waals surface area contributed by atoms with Gasteiger partial charge in [-0.15, -0.1) is 11.3 Å². The second kappa shape index (κ2) is 5.72. The van der Waals surface area contributed by atoms with E-state index < -0.39 is 9.84 Å². The average Bonchev–Trinajstić information content (AvgIpc) is 2.72. The highest BCUT2D eigenvalue weighted by atomic mass is 32.2. The highest BCUT2D eigenvalue weighted by Gasteiger charge is 2.36. The van der Waals surface area contributed by atoms with Gasteiger partial charge in [-0.2, -0.15) is 0 Å². The maximum atomic E-state index is 12.3. The second-order valence-corrected chi connectivity index (χ2v) is 8.19. The summed E-state index contributed by atoms with van der Waals surface area (Å²) in [7, 11) is -2.94. The molecule has 2 rings (SSSR count). The Hall–Kier alpha value is -0.390. The lowest BCUT2D eigenvalue weighted by molar-refractivity contribution is 0.457. The van der Waals surface area contributed by atoms with Gasteiger partial charge in [0.1, 0.15) is 0 Å². The number of thiophene rings is 1. The molecule has 5 heteroatoms. The molecule has 1 saturated heterocycles. The van der Waals surface area contributed by atoms with Gasteiger partial charge in [0.15, 0.2) is 9.84 Å². The summed E-state index contributed by atoms with van der Waals surface area (Å²) < 4.78 is 24.5. The van der Waals surface area contributed by atoms with Crippen LogP contribution in [-0.4, -0.2) is 26.0 Å². The fourth-order valence-electron chi connectivity index (χ4n) is 2.67. The van der Waals surface area contributed by atoms with Crippen molar-refractivity contribution in [2.45, 2.75) is 44.4 Å². The van der Waals surface area contributed by atoms with Gasteiger partial charge in [-0.05, 0) is 43.3 Å². The SMILES string of the molecule is CCNC(c1sccc1C)C1CCCCS1(=O)=O. The molecule has 2 heterocycles. The van der Waals surface area contributed by atoms with Gasteiger partial charge in [-0.3, -0.25) is 0 Å². The first-order valence-corrected chi connectivity index (χ1v) is 9.14. The van der Waals surface area contributed by atoms with Crippen LogP contribution in [0.5, 0.6) is 0 Å². The van der Waals surface area contributed by atoms with Gasteiger partial charge in [0.05, 0.1) is 17.0 Å². The average molecular weight is 287 g/mol. The van der Waals surface area contributed by atoms with Crippen molar-refractivity contribution in [3.63, 3.8) is 0 Å². The fourth-order valence-corrected chi connectivity index (χ4v) is 5.90. The van der Waals surface area contributed by atoms with E-state index in [0.717, 1.165) is 25.8 Å². The zero-order valence-electron chi connectivity index (χ0n) is 11.0. The first-order chi connectivity index (χ1) is 8.56. The molecule has 1 N–H and O–H groups in total. The van der Waals surface area contributed by atoms with Crippen LogP contribution in [-0.2, 0) is 9.84 Å². The summed E-state index contributed by atoms with van der Waals surface area (Å²) >= 11 is 1.67. The molecule has 2 unspecified atom stereocenters. The Morgan fingerprint density at radius 1 is 1.50 bits per heavy atom. The van der Waals surface area contributed by atoms with Crippen LogP contribution in [0.25, 0.3) is 0 Å². The molecule has 1 aliphatic rings. The summed E-state index contributed by atoms with van der Waals surface area (Å²) in [5.74, 6) is 0.351. The Bertz CT molecular complexity index is 493. The highest BCUT2D eigenvalue weighted by Crippen LogP contribution is 2.34. The molecule has 18 heavy (non-hydrogen) atoms. The number of sulfone groups is 1. The van der Waals surface area contributed by atoms with Crippen LogP contribution < -0.4 is 5.32 Å². The molecule has 0 amide bonds. The Kier molecular flexibility index (Phi) is 4.45. The molecule has 102 valence electrons. The maximum absolute atomic E-state index is 12.3. The molecule has 1 aliphatic heterocycles. The Balaban J connectivity index is 2.33. The zero-order chi connectivity index (χ0) is 13.2. The summed E-state index contributed by atoms with van der Waals surface area (Å²) in [5.41, 5.74) is 1.20. The summed E-state index contributed by atoms with van der Waals surface area (Å²) in [6, 6.07) is 2.04. The van der Waals surface area contributed by atoms with Crippen LogP contribution >= 0.6 is 11.3 Å². The van der Waals surface area contributed by atoms with Crippen LogP contribution in [0.3, 0.4) is 0 Å². The minimum absolute atomic E-state index is 0.0275. The monoisotopic (exact) mass is 287 g/mol. The van der Waals surface area contributed by atoms with Crippen LogP contribution in [0.1, 0.15) is 42.7 Å². The van der Waals surface area contributed by atoms with Gasteiger partial charge in [0, 0.05) is 4.88 Å². The van der Waals surface area contributed by atoms with Crippen molar-refractivity contribution in [3.05, 3.63) is 21.9 Å². The lowest BCUT2D eigenvalue weighted by atomic mass is 10.0. The number of nitrogens with one attached hydrogen (secondary N) is 1. The molecular weight excluding hydrogens is 266 g/mol. The molecular formula is C13H21NO2S2. The van der Waals surface area contributed by atoms with Gasteiger partial charge in [-0.1, -0.05) is 13.3 Å².